The molecule has 0 spiro atoms. The molecule has 21 heavy (non-hydrogen) atoms. The van der Waals surface area contributed by atoms with Gasteiger partial charge < -0.3 is 9.47 Å². The molecule has 0 aliphatic heterocycles. The van der Waals surface area contributed by atoms with Crippen LogP contribution in [0, 0.1) is 0 Å². The van der Waals surface area contributed by atoms with Crippen LogP contribution in [0.1, 0.15) is 38.2 Å². The zero-order valence-corrected chi connectivity index (χ0v) is 12.8. The highest BCUT2D eigenvalue weighted by molar-refractivity contribution is 5.33. The van der Waals surface area contributed by atoms with Gasteiger partial charge in [-0.25, -0.2) is 0 Å². The summed E-state index contributed by atoms with van der Waals surface area (Å²) < 4.78 is 11.6. The normalized spacial score (nSPS) is 10.3. The highest BCUT2D eigenvalue weighted by Crippen LogP contribution is 2.20. The summed E-state index contributed by atoms with van der Waals surface area (Å²) in [6.07, 6.45) is 4.88. The van der Waals surface area contributed by atoms with Gasteiger partial charge in [0.25, 0.3) is 0 Å². The van der Waals surface area contributed by atoms with E-state index in [9.17, 15) is 0 Å². The van der Waals surface area contributed by atoms with Crippen LogP contribution < -0.4 is 9.47 Å². The summed E-state index contributed by atoms with van der Waals surface area (Å²) in [5.74, 6) is 1.74. The van der Waals surface area contributed by atoms with E-state index in [2.05, 4.69) is 19.1 Å². The van der Waals surface area contributed by atoms with Crippen molar-refractivity contribution in [3.63, 3.8) is 0 Å². The Labute approximate surface area is 127 Å². The highest BCUT2D eigenvalue weighted by atomic mass is 16.5. The molecule has 0 fully saturated rings. The average molecular weight is 284 g/mol. The molecule has 0 aliphatic rings. The zero-order chi connectivity index (χ0) is 14.8. The Morgan fingerprint density at radius 3 is 2.29 bits per heavy atom. The maximum atomic E-state index is 5.80. The van der Waals surface area contributed by atoms with Gasteiger partial charge in [0.15, 0.2) is 0 Å². The van der Waals surface area contributed by atoms with Crippen LogP contribution in [0.5, 0.6) is 11.5 Å². The molecule has 2 aromatic rings. The molecule has 0 unspecified atom stereocenters. The first-order chi connectivity index (χ1) is 10.4. The standard InChI is InChI=1S/C19H24O2/c1-2-3-4-8-14-20-18-12-9-13-19(15-18)21-16-17-10-6-5-7-11-17/h5-7,9-13,15H,2-4,8,14,16H2,1H3. The van der Waals surface area contributed by atoms with Gasteiger partial charge in [0.2, 0.25) is 0 Å². The minimum Gasteiger partial charge on any atom is -0.493 e. The summed E-state index contributed by atoms with van der Waals surface area (Å²) in [6, 6.07) is 18.1. The quantitative estimate of drug-likeness (QED) is 0.587. The lowest BCUT2D eigenvalue weighted by Crippen LogP contribution is -1.98. The van der Waals surface area contributed by atoms with Crippen LogP contribution in [0.4, 0.5) is 0 Å². The summed E-state index contributed by atoms with van der Waals surface area (Å²) in [6.45, 7) is 3.58. The van der Waals surface area contributed by atoms with Gasteiger partial charge in [-0.1, -0.05) is 62.6 Å². The Hall–Kier alpha value is -1.96. The maximum Gasteiger partial charge on any atom is 0.123 e. The van der Waals surface area contributed by atoms with Crippen molar-refractivity contribution < 1.29 is 9.47 Å². The molecule has 0 aromatic heterocycles. The van der Waals surface area contributed by atoms with Crippen molar-refractivity contribution in [3.8, 4) is 11.5 Å². The molecular formula is C19H24O2. The predicted molar refractivity (Wildman–Crippen MR) is 86.9 cm³/mol. The van der Waals surface area contributed by atoms with E-state index in [0.717, 1.165) is 24.5 Å². The SMILES string of the molecule is CCCCCCOc1cccc(OCc2ccccc2)c1. The molecule has 2 nitrogen and oxygen atoms in total. The van der Waals surface area contributed by atoms with Gasteiger partial charge in [0, 0.05) is 6.07 Å². The maximum absolute atomic E-state index is 5.80. The minimum absolute atomic E-state index is 0.584. The number of benzene rings is 2. The summed E-state index contributed by atoms with van der Waals surface area (Å²) in [7, 11) is 0. The minimum atomic E-state index is 0.584. The summed E-state index contributed by atoms with van der Waals surface area (Å²) in [5.41, 5.74) is 1.17. The lowest BCUT2D eigenvalue weighted by atomic mass is 10.2. The first-order valence-electron chi connectivity index (χ1n) is 7.78. The third-order valence-corrected chi connectivity index (χ3v) is 3.32. The van der Waals surface area contributed by atoms with Crippen molar-refractivity contribution >= 4 is 0 Å². The van der Waals surface area contributed by atoms with Crippen LogP contribution in [0.2, 0.25) is 0 Å². The van der Waals surface area contributed by atoms with E-state index in [1.807, 2.05) is 42.5 Å². The van der Waals surface area contributed by atoms with E-state index in [0.29, 0.717) is 6.61 Å². The summed E-state index contributed by atoms with van der Waals surface area (Å²) in [5, 5.41) is 0. The number of unbranched alkanes of at least 4 members (excludes halogenated alkanes) is 3. The van der Waals surface area contributed by atoms with E-state index in [1.165, 1.54) is 24.8 Å². The zero-order valence-electron chi connectivity index (χ0n) is 12.8. The van der Waals surface area contributed by atoms with Crippen LogP contribution >= 0.6 is 0 Å². The van der Waals surface area contributed by atoms with Gasteiger partial charge in [-0.2, -0.15) is 0 Å². The van der Waals surface area contributed by atoms with Gasteiger partial charge in [0.05, 0.1) is 6.61 Å². The molecule has 2 rings (SSSR count). The number of hydrogen-bond donors (Lipinski definition) is 0. The molecule has 0 saturated carbocycles. The molecule has 0 N–H and O–H groups in total. The van der Waals surface area contributed by atoms with Crippen molar-refractivity contribution in [2.75, 3.05) is 6.61 Å². The topological polar surface area (TPSA) is 18.5 Å². The summed E-state index contributed by atoms with van der Waals surface area (Å²) >= 11 is 0. The molecule has 0 radical (unpaired) electrons. The molecular weight excluding hydrogens is 260 g/mol. The molecule has 0 amide bonds. The van der Waals surface area contributed by atoms with E-state index in [-0.39, 0.29) is 0 Å². The van der Waals surface area contributed by atoms with E-state index in [1.54, 1.807) is 0 Å². The second kappa shape index (κ2) is 9.06. The van der Waals surface area contributed by atoms with E-state index >= 15 is 0 Å². The summed E-state index contributed by atoms with van der Waals surface area (Å²) in [4.78, 5) is 0. The molecule has 0 atom stereocenters. The van der Waals surface area contributed by atoms with Crippen molar-refractivity contribution in [2.24, 2.45) is 0 Å². The molecule has 0 bridgehead atoms. The van der Waals surface area contributed by atoms with Crippen LogP contribution in [-0.2, 0) is 6.61 Å². The largest absolute Gasteiger partial charge is 0.493 e. The van der Waals surface area contributed by atoms with Crippen LogP contribution in [0.3, 0.4) is 0 Å². The lowest BCUT2D eigenvalue weighted by molar-refractivity contribution is 0.290. The lowest BCUT2D eigenvalue weighted by Gasteiger charge is -2.09. The second-order valence-corrected chi connectivity index (χ2v) is 5.16. The van der Waals surface area contributed by atoms with Crippen molar-refractivity contribution in [3.05, 3.63) is 60.2 Å². The van der Waals surface area contributed by atoms with E-state index in [4.69, 9.17) is 9.47 Å². The van der Waals surface area contributed by atoms with Crippen LogP contribution in [-0.4, -0.2) is 6.61 Å². The fourth-order valence-corrected chi connectivity index (χ4v) is 2.11. The molecule has 0 saturated heterocycles. The van der Waals surface area contributed by atoms with Gasteiger partial charge in [-0.05, 0) is 24.1 Å². The van der Waals surface area contributed by atoms with Crippen LogP contribution in [0.25, 0.3) is 0 Å². The monoisotopic (exact) mass is 284 g/mol. The van der Waals surface area contributed by atoms with Gasteiger partial charge in [0.1, 0.15) is 18.1 Å². The highest BCUT2D eigenvalue weighted by Gasteiger charge is 1.99. The Balaban J connectivity index is 1.77. The fourth-order valence-electron chi connectivity index (χ4n) is 2.11. The third kappa shape index (κ3) is 5.90. The second-order valence-electron chi connectivity index (χ2n) is 5.16. The van der Waals surface area contributed by atoms with Crippen molar-refractivity contribution in [2.45, 2.75) is 39.2 Å². The van der Waals surface area contributed by atoms with Gasteiger partial charge >= 0.3 is 0 Å². The Bertz CT molecular complexity index is 508. The van der Waals surface area contributed by atoms with Crippen molar-refractivity contribution in [1.82, 2.24) is 0 Å². The fraction of sp³-hybridized carbons (Fsp3) is 0.368. The number of ether oxygens (including phenoxy) is 2. The number of rotatable bonds is 9. The Morgan fingerprint density at radius 1 is 0.762 bits per heavy atom. The van der Waals surface area contributed by atoms with Crippen LogP contribution in [0.15, 0.2) is 54.6 Å². The average Bonchev–Trinajstić information content (AvgIpc) is 2.54. The smallest absolute Gasteiger partial charge is 0.123 e. The molecule has 2 heteroatoms. The predicted octanol–water partition coefficient (Wildman–Crippen LogP) is 5.22. The molecule has 0 heterocycles. The van der Waals surface area contributed by atoms with Gasteiger partial charge in [-0.15, -0.1) is 0 Å². The Morgan fingerprint density at radius 2 is 1.52 bits per heavy atom. The molecule has 2 aromatic carbocycles. The first kappa shape index (κ1) is 15.4. The molecule has 0 aliphatic carbocycles. The first-order valence-corrected chi connectivity index (χ1v) is 7.78. The third-order valence-electron chi connectivity index (χ3n) is 3.32. The Kier molecular flexibility index (Phi) is 6.66. The molecule has 112 valence electrons. The number of hydrogen-bond acceptors (Lipinski definition) is 2. The van der Waals surface area contributed by atoms with Crippen molar-refractivity contribution in [1.29, 1.82) is 0 Å². The van der Waals surface area contributed by atoms with Gasteiger partial charge in [-0.3, -0.25) is 0 Å². The van der Waals surface area contributed by atoms with E-state index < -0.39 is 0 Å².